The number of carbonyl (C=O) groups is 2. The molecule has 1 unspecified atom stereocenters. The molecule has 1 atom stereocenters. The zero-order valence-electron chi connectivity index (χ0n) is 12.0. The second-order valence-electron chi connectivity index (χ2n) is 5.16. The number of hydrogen-bond acceptors (Lipinski definition) is 5. The van der Waals surface area contributed by atoms with E-state index in [0.29, 0.717) is 19.3 Å². The van der Waals surface area contributed by atoms with Gasteiger partial charge in [-0.05, 0) is 65.7 Å². The van der Waals surface area contributed by atoms with Crippen molar-refractivity contribution in [1.82, 2.24) is 15.8 Å². The average Bonchev–Trinajstić information content (AvgIpc) is 3.12. The van der Waals surface area contributed by atoms with E-state index >= 15 is 0 Å². The van der Waals surface area contributed by atoms with Crippen molar-refractivity contribution in [2.45, 2.75) is 18.9 Å². The summed E-state index contributed by atoms with van der Waals surface area (Å²) in [6, 6.07) is 7.22. The van der Waals surface area contributed by atoms with Crippen LogP contribution in [-0.4, -0.2) is 33.7 Å². The van der Waals surface area contributed by atoms with Crippen LogP contribution in [0.3, 0.4) is 0 Å². The van der Waals surface area contributed by atoms with Crippen LogP contribution >= 0.6 is 39.9 Å². The Morgan fingerprint density at radius 1 is 1.48 bits per heavy atom. The molecular formula is C15H14BrN3O2S2. The van der Waals surface area contributed by atoms with Crippen LogP contribution in [0.5, 0.6) is 0 Å². The lowest BCUT2D eigenvalue weighted by atomic mass is 10.2. The average molecular weight is 412 g/mol. The molecule has 2 heterocycles. The van der Waals surface area contributed by atoms with Gasteiger partial charge >= 0.3 is 0 Å². The van der Waals surface area contributed by atoms with E-state index in [1.807, 2.05) is 12.1 Å². The minimum atomic E-state index is -0.381. The predicted octanol–water partition coefficient (Wildman–Crippen LogP) is 2.59. The first-order valence-electron chi connectivity index (χ1n) is 7.13. The first-order chi connectivity index (χ1) is 11.1. The number of thioether (sulfide) groups is 1. The fourth-order valence-electron chi connectivity index (χ4n) is 2.42. The maximum atomic E-state index is 12.5. The Kier molecular flexibility index (Phi) is 5.15. The van der Waals surface area contributed by atoms with Crippen LogP contribution in [0.1, 0.15) is 23.2 Å². The van der Waals surface area contributed by atoms with Crippen LogP contribution in [0.25, 0.3) is 0 Å². The van der Waals surface area contributed by atoms with Crippen molar-refractivity contribution < 1.29 is 9.59 Å². The Bertz CT molecular complexity index is 702. The Morgan fingerprint density at radius 3 is 2.96 bits per heavy atom. The molecule has 1 aromatic carbocycles. The minimum Gasteiger partial charge on any atom is -0.310 e. The number of amides is 2. The lowest BCUT2D eigenvalue weighted by Gasteiger charge is -2.16. The molecule has 0 radical (unpaired) electrons. The molecule has 23 heavy (non-hydrogen) atoms. The summed E-state index contributed by atoms with van der Waals surface area (Å²) in [6.45, 7) is 0.959. The summed E-state index contributed by atoms with van der Waals surface area (Å²) < 4.78 is 0.994. The van der Waals surface area contributed by atoms with Crippen LogP contribution in [0.4, 0.5) is 0 Å². The molecule has 0 aliphatic carbocycles. The van der Waals surface area contributed by atoms with E-state index in [4.69, 9.17) is 12.2 Å². The fraction of sp³-hybridized carbons (Fsp3) is 0.267. The van der Waals surface area contributed by atoms with Gasteiger partial charge in [-0.3, -0.25) is 15.0 Å². The summed E-state index contributed by atoms with van der Waals surface area (Å²) in [5.74, 6) is -0.664. The van der Waals surface area contributed by atoms with Crippen molar-refractivity contribution >= 4 is 56.0 Å². The van der Waals surface area contributed by atoms with Crippen LogP contribution < -0.4 is 10.7 Å². The van der Waals surface area contributed by atoms with Crippen molar-refractivity contribution in [3.63, 3.8) is 0 Å². The highest BCUT2D eigenvalue weighted by Crippen LogP contribution is 2.31. The third-order valence-electron chi connectivity index (χ3n) is 3.58. The zero-order chi connectivity index (χ0) is 16.4. The van der Waals surface area contributed by atoms with Crippen molar-refractivity contribution in [3.8, 4) is 0 Å². The fourth-order valence-corrected chi connectivity index (χ4v) is 4.10. The number of hydrazine groups is 1. The van der Waals surface area contributed by atoms with Gasteiger partial charge in [-0.2, -0.15) is 5.01 Å². The van der Waals surface area contributed by atoms with Crippen molar-refractivity contribution in [2.75, 3.05) is 6.54 Å². The lowest BCUT2D eigenvalue weighted by molar-refractivity contribution is -0.123. The van der Waals surface area contributed by atoms with Crippen LogP contribution in [0, 0.1) is 0 Å². The Labute approximate surface area is 152 Å². The molecule has 0 bridgehead atoms. The van der Waals surface area contributed by atoms with E-state index in [9.17, 15) is 9.59 Å². The van der Waals surface area contributed by atoms with E-state index in [1.54, 1.807) is 18.2 Å². The Hall–Kier alpha value is -1.22. The minimum absolute atomic E-state index is 0.197. The molecule has 5 nitrogen and oxygen atoms in total. The second kappa shape index (κ2) is 7.12. The summed E-state index contributed by atoms with van der Waals surface area (Å²) in [5.41, 5.74) is 3.03. The summed E-state index contributed by atoms with van der Waals surface area (Å²) >= 11 is 9.75. The van der Waals surface area contributed by atoms with Gasteiger partial charge in [0.1, 0.15) is 0 Å². The molecule has 8 heteroatoms. The molecule has 2 aliphatic heterocycles. The zero-order valence-corrected chi connectivity index (χ0v) is 15.3. The normalized spacial score (nSPS) is 22.9. The first kappa shape index (κ1) is 16.6. The highest BCUT2D eigenvalue weighted by molar-refractivity contribution is 9.10. The molecular weight excluding hydrogens is 398 g/mol. The first-order valence-corrected chi connectivity index (χ1v) is 9.15. The second-order valence-corrected chi connectivity index (χ2v) is 7.69. The molecule has 2 saturated heterocycles. The van der Waals surface area contributed by atoms with Crippen LogP contribution in [0.15, 0.2) is 39.7 Å². The largest absolute Gasteiger partial charge is 0.310 e. The van der Waals surface area contributed by atoms with E-state index in [-0.39, 0.29) is 17.9 Å². The van der Waals surface area contributed by atoms with Crippen LogP contribution in [-0.2, 0) is 4.79 Å². The van der Waals surface area contributed by atoms with Gasteiger partial charge in [-0.25, -0.2) is 0 Å². The van der Waals surface area contributed by atoms with Gasteiger partial charge < -0.3 is 5.32 Å². The van der Waals surface area contributed by atoms with Gasteiger partial charge in [-0.1, -0.05) is 23.9 Å². The maximum absolute atomic E-state index is 12.5. The molecule has 2 aliphatic rings. The molecule has 0 spiro atoms. The number of halogens is 1. The summed E-state index contributed by atoms with van der Waals surface area (Å²) in [4.78, 5) is 25.3. The maximum Gasteiger partial charge on any atom is 0.284 e. The molecule has 2 amide bonds. The number of thiocarbonyl (C=S) groups is 1. The van der Waals surface area contributed by atoms with Gasteiger partial charge in [0.25, 0.3) is 11.8 Å². The number of nitrogens with zero attached hydrogens (tertiary/aromatic N) is 1. The van der Waals surface area contributed by atoms with Gasteiger partial charge in [0.05, 0.1) is 10.5 Å². The highest BCUT2D eigenvalue weighted by Gasteiger charge is 2.34. The number of rotatable bonds is 3. The smallest absolute Gasteiger partial charge is 0.284 e. The predicted molar refractivity (Wildman–Crippen MR) is 97.8 cm³/mol. The monoisotopic (exact) mass is 411 g/mol. The SMILES string of the molecule is O=C(NN1C(=O)/C(=C/C2CCCN2)SC1=S)c1ccccc1Br. The molecule has 120 valence electrons. The molecule has 0 saturated carbocycles. The third-order valence-corrected chi connectivity index (χ3v) is 5.59. The van der Waals surface area contributed by atoms with Gasteiger partial charge in [0.2, 0.25) is 0 Å². The Balaban J connectivity index is 1.73. The van der Waals surface area contributed by atoms with Crippen molar-refractivity contribution in [2.24, 2.45) is 0 Å². The molecule has 0 aromatic heterocycles. The summed E-state index contributed by atoms with van der Waals surface area (Å²) in [5, 5.41) is 4.45. The standard InChI is InChI=1S/C15H14BrN3O2S2/c16-11-6-2-1-5-10(11)13(20)18-19-14(21)12(23-15(19)22)8-9-4-3-7-17-9/h1-2,5-6,8-9,17H,3-4,7H2,(H,18,20)/b12-8-. The van der Waals surface area contributed by atoms with Gasteiger partial charge in [0, 0.05) is 10.5 Å². The van der Waals surface area contributed by atoms with E-state index < -0.39 is 0 Å². The van der Waals surface area contributed by atoms with Crippen molar-refractivity contribution in [3.05, 3.63) is 45.3 Å². The van der Waals surface area contributed by atoms with Crippen LogP contribution in [0.2, 0.25) is 0 Å². The van der Waals surface area contributed by atoms with Crippen molar-refractivity contribution in [1.29, 1.82) is 0 Å². The third kappa shape index (κ3) is 3.65. The van der Waals surface area contributed by atoms with E-state index in [1.165, 1.54) is 11.8 Å². The number of nitrogens with one attached hydrogen (secondary N) is 2. The summed E-state index contributed by atoms with van der Waals surface area (Å²) in [6.07, 6.45) is 4.00. The topological polar surface area (TPSA) is 61.4 Å². The highest BCUT2D eigenvalue weighted by atomic mass is 79.9. The number of carbonyl (C=O) groups excluding carboxylic acids is 2. The lowest BCUT2D eigenvalue weighted by Crippen LogP contribution is -2.45. The quantitative estimate of drug-likeness (QED) is 0.591. The molecule has 2 N–H and O–H groups in total. The molecule has 3 rings (SSSR count). The molecule has 2 fully saturated rings. The van der Waals surface area contributed by atoms with Gasteiger partial charge in [0.15, 0.2) is 4.32 Å². The van der Waals surface area contributed by atoms with E-state index in [0.717, 1.165) is 24.4 Å². The Morgan fingerprint density at radius 2 is 2.26 bits per heavy atom. The van der Waals surface area contributed by atoms with Gasteiger partial charge in [-0.15, -0.1) is 0 Å². The number of benzene rings is 1. The summed E-state index contributed by atoms with van der Waals surface area (Å²) in [7, 11) is 0. The molecule has 1 aromatic rings. The van der Waals surface area contributed by atoms with E-state index in [2.05, 4.69) is 26.7 Å². The number of hydrogen-bond donors (Lipinski definition) is 2.